The Morgan fingerprint density at radius 1 is 1.22 bits per heavy atom. The third-order valence-electron chi connectivity index (χ3n) is 2.10. The highest BCUT2D eigenvalue weighted by molar-refractivity contribution is 6.34. The molecule has 0 saturated carbocycles. The molecule has 0 heterocycles. The van der Waals surface area contributed by atoms with E-state index in [-0.39, 0.29) is 17.1 Å². The van der Waals surface area contributed by atoms with Crippen molar-refractivity contribution in [2.75, 3.05) is 24.1 Å². The number of amides is 3. The zero-order valence-electron chi connectivity index (χ0n) is 9.50. The van der Waals surface area contributed by atoms with Gasteiger partial charge in [-0.25, -0.2) is 4.79 Å². The highest BCUT2D eigenvalue weighted by atomic mass is 35.5. The molecule has 0 bridgehead atoms. The van der Waals surface area contributed by atoms with Crippen molar-refractivity contribution in [2.24, 2.45) is 11.5 Å². The number of hydrogen-bond donors (Lipinski definition) is 5. The molecular formula is C10H14ClN5O2. The number of hydrogen-bond acceptors (Lipinski definition) is 4. The molecule has 0 aliphatic carbocycles. The van der Waals surface area contributed by atoms with Gasteiger partial charge < -0.3 is 27.8 Å². The predicted molar refractivity (Wildman–Crippen MR) is 70.5 cm³/mol. The van der Waals surface area contributed by atoms with Crippen LogP contribution in [-0.2, 0) is 0 Å². The maximum atomic E-state index is 11.2. The molecular weight excluding hydrogens is 258 g/mol. The van der Waals surface area contributed by atoms with E-state index in [9.17, 15) is 9.59 Å². The molecule has 0 aromatic heterocycles. The van der Waals surface area contributed by atoms with Crippen molar-refractivity contribution >= 4 is 34.9 Å². The van der Waals surface area contributed by atoms with E-state index in [1.54, 1.807) is 0 Å². The largest absolute Gasteiger partial charge is 0.399 e. The van der Waals surface area contributed by atoms with Crippen LogP contribution in [0.1, 0.15) is 10.4 Å². The summed E-state index contributed by atoms with van der Waals surface area (Å²) >= 11 is 5.96. The molecule has 1 aromatic carbocycles. The smallest absolute Gasteiger partial charge is 0.312 e. The van der Waals surface area contributed by atoms with Gasteiger partial charge in [-0.1, -0.05) is 11.6 Å². The molecule has 0 saturated heterocycles. The third kappa shape index (κ3) is 3.70. The number of anilines is 2. The summed E-state index contributed by atoms with van der Waals surface area (Å²) in [7, 11) is 0. The van der Waals surface area contributed by atoms with E-state index in [0.717, 1.165) is 0 Å². The van der Waals surface area contributed by atoms with Crippen LogP contribution in [-0.4, -0.2) is 25.0 Å². The van der Waals surface area contributed by atoms with Crippen molar-refractivity contribution in [3.63, 3.8) is 0 Å². The zero-order valence-corrected chi connectivity index (χ0v) is 10.3. The third-order valence-corrected chi connectivity index (χ3v) is 2.40. The van der Waals surface area contributed by atoms with Gasteiger partial charge in [0.05, 0.1) is 16.3 Å². The number of carbonyl (C=O) groups excluding carboxylic acids is 2. The van der Waals surface area contributed by atoms with Crippen LogP contribution in [0.4, 0.5) is 16.2 Å². The highest BCUT2D eigenvalue weighted by Gasteiger charge is 2.12. The molecule has 7 nitrogen and oxygen atoms in total. The second kappa shape index (κ2) is 5.97. The van der Waals surface area contributed by atoms with Gasteiger partial charge in [-0.05, 0) is 12.1 Å². The van der Waals surface area contributed by atoms with Crippen LogP contribution in [0.2, 0.25) is 5.02 Å². The molecule has 0 aliphatic rings. The molecule has 18 heavy (non-hydrogen) atoms. The summed E-state index contributed by atoms with van der Waals surface area (Å²) in [6, 6.07) is 2.30. The van der Waals surface area contributed by atoms with Crippen molar-refractivity contribution < 1.29 is 9.59 Å². The van der Waals surface area contributed by atoms with Crippen LogP contribution in [0.3, 0.4) is 0 Å². The lowest BCUT2D eigenvalue weighted by Crippen LogP contribution is -2.33. The lowest BCUT2D eigenvalue weighted by molar-refractivity contribution is 0.100. The zero-order chi connectivity index (χ0) is 13.7. The van der Waals surface area contributed by atoms with Gasteiger partial charge in [-0.2, -0.15) is 0 Å². The number of benzene rings is 1. The van der Waals surface area contributed by atoms with Gasteiger partial charge in [0.25, 0.3) is 5.91 Å². The van der Waals surface area contributed by atoms with E-state index in [0.29, 0.717) is 17.9 Å². The maximum Gasteiger partial charge on any atom is 0.312 e. The summed E-state index contributed by atoms with van der Waals surface area (Å²) in [6.45, 7) is 0.626. The Morgan fingerprint density at radius 3 is 2.44 bits per heavy atom. The molecule has 1 aromatic rings. The minimum absolute atomic E-state index is 0.194. The second-order valence-electron chi connectivity index (χ2n) is 3.51. The Kier molecular flexibility index (Phi) is 4.61. The summed E-state index contributed by atoms with van der Waals surface area (Å²) in [4.78, 5) is 21.7. The Labute approximate surface area is 109 Å². The van der Waals surface area contributed by atoms with Crippen LogP contribution in [0.5, 0.6) is 0 Å². The average molecular weight is 272 g/mol. The predicted octanol–water partition coefficient (Wildman–Crippen LogP) is 0.101. The Balaban J connectivity index is 2.80. The fraction of sp³-hybridized carbons (Fsp3) is 0.200. The number of urea groups is 1. The SMILES string of the molecule is NC(=O)NCCNc1c(Cl)cc(N)cc1C(N)=O. The normalized spacial score (nSPS) is 9.83. The number of carbonyl (C=O) groups is 2. The molecule has 0 spiro atoms. The van der Waals surface area contributed by atoms with E-state index >= 15 is 0 Å². The Bertz CT molecular complexity index is 478. The van der Waals surface area contributed by atoms with Gasteiger partial charge in [-0.3, -0.25) is 4.79 Å². The standard InChI is InChI=1S/C10H14ClN5O2/c11-7-4-5(12)3-6(9(13)17)8(7)15-1-2-16-10(14)18/h3-4,15H,1-2,12H2,(H2,13,17)(H3,14,16,18). The van der Waals surface area contributed by atoms with Crippen LogP contribution in [0.15, 0.2) is 12.1 Å². The van der Waals surface area contributed by atoms with E-state index in [1.165, 1.54) is 12.1 Å². The number of primary amides is 2. The molecule has 3 amide bonds. The molecule has 0 unspecified atom stereocenters. The van der Waals surface area contributed by atoms with Crippen LogP contribution in [0, 0.1) is 0 Å². The van der Waals surface area contributed by atoms with Crippen molar-refractivity contribution in [1.82, 2.24) is 5.32 Å². The summed E-state index contributed by atoms with van der Waals surface area (Å²) < 4.78 is 0. The molecule has 0 radical (unpaired) electrons. The molecule has 0 atom stereocenters. The lowest BCUT2D eigenvalue weighted by atomic mass is 10.1. The molecule has 1 rings (SSSR count). The summed E-state index contributed by atoms with van der Waals surface area (Å²) in [5, 5.41) is 5.55. The molecule has 8 N–H and O–H groups in total. The summed E-state index contributed by atoms with van der Waals surface area (Å²) in [5.41, 5.74) is 16.6. The lowest BCUT2D eigenvalue weighted by Gasteiger charge is -2.13. The van der Waals surface area contributed by atoms with Gasteiger partial charge in [0, 0.05) is 18.8 Å². The van der Waals surface area contributed by atoms with E-state index in [4.69, 9.17) is 28.8 Å². The maximum absolute atomic E-state index is 11.2. The fourth-order valence-corrected chi connectivity index (χ4v) is 1.67. The number of nitrogens with two attached hydrogens (primary N) is 3. The Hall–Kier alpha value is -2.15. The van der Waals surface area contributed by atoms with E-state index in [2.05, 4.69) is 10.6 Å². The van der Waals surface area contributed by atoms with Crippen LogP contribution < -0.4 is 27.8 Å². The topological polar surface area (TPSA) is 136 Å². The number of nitrogens with one attached hydrogen (secondary N) is 2. The highest BCUT2D eigenvalue weighted by Crippen LogP contribution is 2.28. The first-order valence-electron chi connectivity index (χ1n) is 5.08. The van der Waals surface area contributed by atoms with Gasteiger partial charge in [0.1, 0.15) is 0 Å². The van der Waals surface area contributed by atoms with E-state index < -0.39 is 11.9 Å². The fourth-order valence-electron chi connectivity index (χ4n) is 1.37. The minimum atomic E-state index is -0.644. The quantitative estimate of drug-likeness (QED) is 0.383. The van der Waals surface area contributed by atoms with Crippen molar-refractivity contribution in [3.8, 4) is 0 Å². The van der Waals surface area contributed by atoms with E-state index in [1.807, 2.05) is 0 Å². The van der Waals surface area contributed by atoms with Gasteiger partial charge in [0.2, 0.25) is 0 Å². The monoisotopic (exact) mass is 271 g/mol. The van der Waals surface area contributed by atoms with Crippen molar-refractivity contribution in [2.45, 2.75) is 0 Å². The van der Waals surface area contributed by atoms with Crippen LogP contribution in [0.25, 0.3) is 0 Å². The number of halogens is 1. The second-order valence-corrected chi connectivity index (χ2v) is 3.91. The molecule has 8 heteroatoms. The number of rotatable bonds is 5. The molecule has 98 valence electrons. The van der Waals surface area contributed by atoms with Crippen LogP contribution >= 0.6 is 11.6 Å². The first kappa shape index (κ1) is 13.9. The Morgan fingerprint density at radius 2 is 1.89 bits per heavy atom. The number of nitrogen functional groups attached to an aromatic ring is 1. The molecule has 0 aliphatic heterocycles. The summed E-state index contributed by atoms with van der Waals surface area (Å²) in [6.07, 6.45) is 0. The first-order chi connectivity index (χ1) is 8.41. The summed E-state index contributed by atoms with van der Waals surface area (Å²) in [5.74, 6) is -0.644. The average Bonchev–Trinajstić information content (AvgIpc) is 2.25. The van der Waals surface area contributed by atoms with Gasteiger partial charge in [0.15, 0.2) is 0 Å². The minimum Gasteiger partial charge on any atom is -0.399 e. The van der Waals surface area contributed by atoms with Crippen molar-refractivity contribution in [3.05, 3.63) is 22.7 Å². The molecule has 0 fully saturated rings. The van der Waals surface area contributed by atoms with Gasteiger partial charge in [-0.15, -0.1) is 0 Å². The van der Waals surface area contributed by atoms with Gasteiger partial charge >= 0.3 is 6.03 Å². The van der Waals surface area contributed by atoms with Crippen molar-refractivity contribution in [1.29, 1.82) is 0 Å². The first-order valence-corrected chi connectivity index (χ1v) is 5.45.